The third kappa shape index (κ3) is 6.23. The standard InChI is InChI=1S/C21H32N4O.2ClH/c26-21(13-17-11-18-6-7-19(12-17)24-18)23-15-16-5-8-20(22-14-16)25-9-3-1-2-4-10-25;;/h5,8,14,17-19,24H,1-4,6-7,9-13,15H2,(H,23,26);2*1H. The number of carbonyl (C=O) groups excluding carboxylic acids is 1. The molecule has 0 saturated carbocycles. The summed E-state index contributed by atoms with van der Waals surface area (Å²) in [5.74, 6) is 1.82. The Morgan fingerprint density at radius 1 is 1.07 bits per heavy atom. The topological polar surface area (TPSA) is 57.3 Å². The maximum atomic E-state index is 12.3. The summed E-state index contributed by atoms with van der Waals surface area (Å²) >= 11 is 0. The van der Waals surface area contributed by atoms with E-state index in [4.69, 9.17) is 0 Å². The molecule has 4 heterocycles. The van der Waals surface area contributed by atoms with Crippen molar-refractivity contribution in [1.82, 2.24) is 15.6 Å². The zero-order chi connectivity index (χ0) is 17.8. The van der Waals surface area contributed by atoms with E-state index in [1.54, 1.807) is 0 Å². The molecule has 1 amide bonds. The van der Waals surface area contributed by atoms with Crippen molar-refractivity contribution in [3.8, 4) is 0 Å². The molecule has 28 heavy (non-hydrogen) atoms. The van der Waals surface area contributed by atoms with Crippen LogP contribution in [0, 0.1) is 5.92 Å². The third-order valence-corrected chi connectivity index (χ3v) is 6.27. The molecular weight excluding hydrogens is 395 g/mol. The molecule has 4 rings (SSSR count). The van der Waals surface area contributed by atoms with Crippen LogP contribution in [-0.4, -0.2) is 36.1 Å². The number of rotatable bonds is 5. The van der Waals surface area contributed by atoms with Crippen molar-refractivity contribution in [3.63, 3.8) is 0 Å². The number of hydrogen-bond acceptors (Lipinski definition) is 4. The van der Waals surface area contributed by atoms with Gasteiger partial charge in [-0.25, -0.2) is 4.98 Å². The Morgan fingerprint density at radius 3 is 2.36 bits per heavy atom. The van der Waals surface area contributed by atoms with Crippen molar-refractivity contribution in [2.24, 2.45) is 5.92 Å². The fraction of sp³-hybridized carbons (Fsp3) is 0.714. The van der Waals surface area contributed by atoms with E-state index in [-0.39, 0.29) is 30.7 Å². The van der Waals surface area contributed by atoms with Gasteiger partial charge in [-0.15, -0.1) is 24.8 Å². The molecule has 3 aliphatic rings. The Labute approximate surface area is 181 Å². The van der Waals surface area contributed by atoms with E-state index in [9.17, 15) is 4.79 Å². The molecule has 0 aromatic carbocycles. The first-order chi connectivity index (χ1) is 12.8. The molecule has 1 aromatic heterocycles. The summed E-state index contributed by atoms with van der Waals surface area (Å²) in [6.07, 6.45) is 12.7. The van der Waals surface area contributed by atoms with Gasteiger partial charge in [-0.3, -0.25) is 4.79 Å². The summed E-state index contributed by atoms with van der Waals surface area (Å²) in [7, 11) is 0. The highest BCUT2D eigenvalue weighted by Crippen LogP contribution is 2.32. The normalized spacial score (nSPS) is 26.6. The molecule has 2 bridgehead atoms. The molecule has 3 saturated heterocycles. The summed E-state index contributed by atoms with van der Waals surface area (Å²) in [6.45, 7) is 2.81. The maximum absolute atomic E-state index is 12.3. The van der Waals surface area contributed by atoms with E-state index in [1.165, 1.54) is 38.5 Å². The Morgan fingerprint density at radius 2 is 1.75 bits per heavy atom. The van der Waals surface area contributed by atoms with Crippen LogP contribution in [0.3, 0.4) is 0 Å². The van der Waals surface area contributed by atoms with Gasteiger partial charge in [0.05, 0.1) is 0 Å². The molecule has 3 fully saturated rings. The van der Waals surface area contributed by atoms with Gasteiger partial charge in [-0.2, -0.15) is 0 Å². The van der Waals surface area contributed by atoms with Gasteiger partial charge < -0.3 is 15.5 Å². The van der Waals surface area contributed by atoms with Crippen LogP contribution in [0.5, 0.6) is 0 Å². The maximum Gasteiger partial charge on any atom is 0.220 e. The van der Waals surface area contributed by atoms with E-state index < -0.39 is 0 Å². The van der Waals surface area contributed by atoms with Crippen molar-refractivity contribution < 1.29 is 4.79 Å². The Bertz CT molecular complexity index is 593. The molecule has 3 aliphatic heterocycles. The smallest absolute Gasteiger partial charge is 0.220 e. The van der Waals surface area contributed by atoms with Crippen LogP contribution >= 0.6 is 24.8 Å². The third-order valence-electron chi connectivity index (χ3n) is 6.27. The molecule has 2 atom stereocenters. The van der Waals surface area contributed by atoms with Crippen LogP contribution in [0.4, 0.5) is 5.82 Å². The minimum absolute atomic E-state index is 0. The SMILES string of the molecule is Cl.Cl.O=C(CC1CC2CCC(C1)N2)NCc1ccc(N2CCCCCC2)nc1. The van der Waals surface area contributed by atoms with Gasteiger partial charge in [-0.1, -0.05) is 18.9 Å². The van der Waals surface area contributed by atoms with Crippen LogP contribution in [-0.2, 0) is 11.3 Å². The zero-order valence-corrected chi connectivity index (χ0v) is 18.2. The number of nitrogens with one attached hydrogen (secondary N) is 2. The molecule has 0 aliphatic carbocycles. The lowest BCUT2D eigenvalue weighted by atomic mass is 9.89. The average Bonchev–Trinajstić information content (AvgIpc) is 2.86. The number of anilines is 1. The number of amides is 1. The van der Waals surface area contributed by atoms with Crippen molar-refractivity contribution in [3.05, 3.63) is 23.9 Å². The molecular formula is C21H34Cl2N4O. The first-order valence-corrected chi connectivity index (χ1v) is 10.5. The molecule has 2 unspecified atom stereocenters. The first kappa shape index (κ1) is 23.2. The fourth-order valence-corrected chi connectivity index (χ4v) is 4.88. The van der Waals surface area contributed by atoms with E-state index in [0.717, 1.165) is 37.3 Å². The molecule has 0 radical (unpaired) electrons. The highest BCUT2D eigenvalue weighted by molar-refractivity contribution is 5.85. The molecule has 1 aromatic rings. The summed E-state index contributed by atoms with van der Waals surface area (Å²) in [4.78, 5) is 19.3. The van der Waals surface area contributed by atoms with Crippen molar-refractivity contribution in [2.45, 2.75) is 76.4 Å². The number of aromatic nitrogens is 1. The number of pyridine rings is 1. The van der Waals surface area contributed by atoms with Gasteiger partial charge in [0.25, 0.3) is 0 Å². The minimum atomic E-state index is 0. The largest absolute Gasteiger partial charge is 0.357 e. The Kier molecular flexibility index (Phi) is 9.32. The number of fused-ring (bicyclic) bond motifs is 2. The average molecular weight is 429 g/mol. The van der Waals surface area contributed by atoms with Gasteiger partial charge in [-0.05, 0) is 56.1 Å². The number of carbonyl (C=O) groups is 1. The second-order valence-corrected chi connectivity index (χ2v) is 8.38. The van der Waals surface area contributed by atoms with Gasteiger partial charge in [0, 0.05) is 44.3 Å². The zero-order valence-electron chi connectivity index (χ0n) is 16.6. The Balaban J connectivity index is 0.00000140. The van der Waals surface area contributed by atoms with Crippen LogP contribution in [0.1, 0.15) is 63.4 Å². The van der Waals surface area contributed by atoms with Crippen LogP contribution < -0.4 is 15.5 Å². The molecule has 2 N–H and O–H groups in total. The monoisotopic (exact) mass is 428 g/mol. The van der Waals surface area contributed by atoms with Gasteiger partial charge >= 0.3 is 0 Å². The molecule has 7 heteroatoms. The first-order valence-electron chi connectivity index (χ1n) is 10.5. The summed E-state index contributed by atoms with van der Waals surface area (Å²) in [5, 5.41) is 6.74. The fourth-order valence-electron chi connectivity index (χ4n) is 4.88. The van der Waals surface area contributed by atoms with E-state index in [1.807, 2.05) is 6.20 Å². The summed E-state index contributed by atoms with van der Waals surface area (Å²) in [5.41, 5.74) is 1.09. The van der Waals surface area contributed by atoms with Crippen LogP contribution in [0.25, 0.3) is 0 Å². The number of nitrogens with zero attached hydrogens (tertiary/aromatic N) is 2. The number of halogens is 2. The van der Waals surface area contributed by atoms with E-state index in [0.29, 0.717) is 31.0 Å². The van der Waals surface area contributed by atoms with Gasteiger partial charge in [0.15, 0.2) is 0 Å². The number of hydrogen-bond donors (Lipinski definition) is 2. The lowest BCUT2D eigenvalue weighted by Gasteiger charge is -2.28. The van der Waals surface area contributed by atoms with Gasteiger partial charge in [0.1, 0.15) is 5.82 Å². The lowest BCUT2D eigenvalue weighted by molar-refractivity contribution is -0.122. The number of piperidine rings is 1. The summed E-state index contributed by atoms with van der Waals surface area (Å²) < 4.78 is 0. The summed E-state index contributed by atoms with van der Waals surface area (Å²) in [6, 6.07) is 5.53. The highest BCUT2D eigenvalue weighted by Gasteiger charge is 2.34. The Hall–Kier alpha value is -1.04. The predicted molar refractivity (Wildman–Crippen MR) is 119 cm³/mol. The second kappa shape index (κ2) is 11.2. The highest BCUT2D eigenvalue weighted by atomic mass is 35.5. The van der Waals surface area contributed by atoms with Crippen LogP contribution in [0.15, 0.2) is 18.3 Å². The second-order valence-electron chi connectivity index (χ2n) is 8.38. The molecule has 5 nitrogen and oxygen atoms in total. The van der Waals surface area contributed by atoms with Gasteiger partial charge in [0.2, 0.25) is 5.91 Å². The van der Waals surface area contributed by atoms with Crippen molar-refractivity contribution in [2.75, 3.05) is 18.0 Å². The minimum Gasteiger partial charge on any atom is -0.357 e. The van der Waals surface area contributed by atoms with Crippen molar-refractivity contribution >= 4 is 36.5 Å². The quantitative estimate of drug-likeness (QED) is 0.747. The lowest BCUT2D eigenvalue weighted by Crippen LogP contribution is -2.39. The van der Waals surface area contributed by atoms with E-state index in [2.05, 4.69) is 32.7 Å². The van der Waals surface area contributed by atoms with Crippen LogP contribution in [0.2, 0.25) is 0 Å². The van der Waals surface area contributed by atoms with E-state index >= 15 is 0 Å². The predicted octanol–water partition coefficient (Wildman–Crippen LogP) is 3.84. The molecule has 0 spiro atoms. The molecule has 158 valence electrons. The van der Waals surface area contributed by atoms with Crippen molar-refractivity contribution in [1.29, 1.82) is 0 Å².